The van der Waals surface area contributed by atoms with Crippen molar-refractivity contribution in [1.82, 2.24) is 15.0 Å². The van der Waals surface area contributed by atoms with E-state index in [1.807, 2.05) is 35.2 Å². The Morgan fingerprint density at radius 2 is 1.93 bits per heavy atom. The van der Waals surface area contributed by atoms with Gasteiger partial charge in [-0.05, 0) is 19.1 Å². The molecule has 0 radical (unpaired) electrons. The van der Waals surface area contributed by atoms with E-state index in [4.69, 9.17) is 15.0 Å². The number of nitrogens with two attached hydrogens (primary N) is 1. The van der Waals surface area contributed by atoms with E-state index < -0.39 is 5.91 Å². The summed E-state index contributed by atoms with van der Waals surface area (Å²) >= 11 is 0. The minimum absolute atomic E-state index is 0.100. The Bertz CT molecular complexity index is 1050. The van der Waals surface area contributed by atoms with Crippen LogP contribution in [0.15, 0.2) is 39.5 Å². The van der Waals surface area contributed by atoms with Crippen molar-refractivity contribution in [2.75, 3.05) is 31.2 Å². The molecule has 4 rings (SSSR count). The van der Waals surface area contributed by atoms with Crippen LogP contribution in [-0.4, -0.2) is 41.8 Å². The summed E-state index contributed by atoms with van der Waals surface area (Å²) in [6.07, 6.45) is 0. The van der Waals surface area contributed by atoms with Gasteiger partial charge in [-0.2, -0.15) is 4.98 Å². The summed E-state index contributed by atoms with van der Waals surface area (Å²) < 4.78 is 12.5. The van der Waals surface area contributed by atoms with Crippen LogP contribution in [-0.2, 0) is 4.74 Å². The van der Waals surface area contributed by atoms with Crippen molar-refractivity contribution in [1.29, 1.82) is 0 Å². The molecule has 1 aromatic carbocycles. The molecule has 9 heteroatoms. The zero-order valence-corrected chi connectivity index (χ0v) is 14.8. The number of hydrogen-bond donors (Lipinski definition) is 2. The summed E-state index contributed by atoms with van der Waals surface area (Å²) in [5.41, 5.74) is 2.54. The minimum atomic E-state index is -0.594. The zero-order chi connectivity index (χ0) is 19.0. The Hall–Kier alpha value is -3.17. The smallest absolute Gasteiger partial charge is 0.271 e. The number of aryl methyl sites for hydroxylation is 1. The lowest BCUT2D eigenvalue weighted by Crippen LogP contribution is -2.40. The first kappa shape index (κ1) is 17.3. The van der Waals surface area contributed by atoms with E-state index in [0.717, 1.165) is 0 Å². The lowest BCUT2D eigenvalue weighted by atomic mass is 10.2. The summed E-state index contributed by atoms with van der Waals surface area (Å²) in [6, 6.07) is 9.17. The van der Waals surface area contributed by atoms with Gasteiger partial charge in [-0.3, -0.25) is 15.0 Å². The summed E-state index contributed by atoms with van der Waals surface area (Å²) in [6.45, 7) is 3.88. The number of fused-ring (bicyclic) bond motifs is 1. The van der Waals surface area contributed by atoms with Crippen LogP contribution < -0.4 is 21.7 Å². The first-order valence-corrected chi connectivity index (χ1v) is 8.57. The van der Waals surface area contributed by atoms with E-state index in [1.54, 1.807) is 6.92 Å². The van der Waals surface area contributed by atoms with Crippen molar-refractivity contribution < 1.29 is 13.9 Å². The van der Waals surface area contributed by atoms with Gasteiger partial charge in [0.25, 0.3) is 11.5 Å². The van der Waals surface area contributed by atoms with Crippen molar-refractivity contribution in [2.45, 2.75) is 6.92 Å². The number of morpholine rings is 1. The molecular weight excluding hydrogens is 350 g/mol. The Labute approximate surface area is 154 Å². The number of hydrogen-bond acceptors (Lipinski definition) is 7. The number of benzene rings is 1. The predicted octanol–water partition coefficient (Wildman–Crippen LogP) is 0.727. The molecule has 3 aromatic rings. The van der Waals surface area contributed by atoms with Crippen molar-refractivity contribution in [2.24, 2.45) is 5.84 Å². The van der Waals surface area contributed by atoms with Crippen LogP contribution in [0, 0.1) is 6.92 Å². The summed E-state index contributed by atoms with van der Waals surface area (Å²) in [7, 11) is 0. The van der Waals surface area contributed by atoms with Crippen molar-refractivity contribution in [3.63, 3.8) is 0 Å². The van der Waals surface area contributed by atoms with Crippen molar-refractivity contribution in [3.8, 4) is 5.69 Å². The molecule has 0 bridgehead atoms. The second-order valence-electron chi connectivity index (χ2n) is 6.17. The number of rotatable bonds is 3. The number of amides is 1. The van der Waals surface area contributed by atoms with Gasteiger partial charge in [-0.15, -0.1) is 0 Å². The molecule has 3 N–H and O–H groups in total. The predicted molar refractivity (Wildman–Crippen MR) is 99.0 cm³/mol. The van der Waals surface area contributed by atoms with E-state index >= 15 is 0 Å². The SMILES string of the molecule is Cc1oc2nc(N3CCOCC3)n(-c3ccccc3)c(=O)c2c1C(=O)NN. The first-order valence-electron chi connectivity index (χ1n) is 8.57. The molecule has 3 heterocycles. The molecule has 1 amide bonds. The second kappa shape index (κ2) is 6.86. The summed E-state index contributed by atoms with van der Waals surface area (Å²) in [5.74, 6) is 5.43. The van der Waals surface area contributed by atoms with Crippen LogP contribution in [0.5, 0.6) is 0 Å². The standard InChI is InChI=1S/C18H19N5O4/c1-11-13(15(24)21-19)14-16(27-11)20-18(22-7-9-26-10-8-22)23(17(14)25)12-5-3-2-4-6-12/h2-6H,7-10,19H2,1H3,(H,21,24). The third kappa shape index (κ3) is 2.86. The van der Waals surface area contributed by atoms with Crippen LogP contribution in [0.25, 0.3) is 16.8 Å². The monoisotopic (exact) mass is 369 g/mol. The molecule has 1 fully saturated rings. The number of carbonyl (C=O) groups excluding carboxylic acids is 1. The fourth-order valence-electron chi connectivity index (χ4n) is 3.28. The van der Waals surface area contributed by atoms with Crippen LogP contribution in [0.4, 0.5) is 5.95 Å². The maximum Gasteiger partial charge on any atom is 0.271 e. The molecule has 27 heavy (non-hydrogen) atoms. The Morgan fingerprint density at radius 3 is 2.59 bits per heavy atom. The van der Waals surface area contributed by atoms with E-state index in [-0.39, 0.29) is 28.0 Å². The summed E-state index contributed by atoms with van der Waals surface area (Å²) in [5, 5.41) is 0.108. The third-order valence-corrected chi connectivity index (χ3v) is 4.55. The quantitative estimate of drug-likeness (QED) is 0.397. The van der Waals surface area contributed by atoms with Crippen LogP contribution >= 0.6 is 0 Å². The molecule has 0 atom stereocenters. The van der Waals surface area contributed by atoms with Crippen molar-refractivity contribution in [3.05, 3.63) is 52.0 Å². The lowest BCUT2D eigenvalue weighted by molar-refractivity contribution is 0.0953. The molecule has 1 saturated heterocycles. The van der Waals surface area contributed by atoms with E-state index in [0.29, 0.717) is 37.9 Å². The Morgan fingerprint density at radius 1 is 1.22 bits per heavy atom. The van der Waals surface area contributed by atoms with Crippen LogP contribution in [0.2, 0.25) is 0 Å². The molecule has 0 spiro atoms. The van der Waals surface area contributed by atoms with E-state index in [9.17, 15) is 9.59 Å². The third-order valence-electron chi connectivity index (χ3n) is 4.55. The number of hydrazine groups is 1. The fraction of sp³-hybridized carbons (Fsp3) is 0.278. The van der Waals surface area contributed by atoms with Gasteiger partial charge in [-0.25, -0.2) is 10.4 Å². The van der Waals surface area contributed by atoms with E-state index in [1.165, 1.54) is 4.57 Å². The highest BCUT2D eigenvalue weighted by atomic mass is 16.5. The fourth-order valence-corrected chi connectivity index (χ4v) is 3.28. The highest BCUT2D eigenvalue weighted by Gasteiger charge is 2.27. The van der Waals surface area contributed by atoms with Gasteiger partial charge < -0.3 is 14.1 Å². The first-order chi connectivity index (χ1) is 13.1. The molecule has 0 saturated carbocycles. The van der Waals surface area contributed by atoms with E-state index in [2.05, 4.69) is 10.4 Å². The number of nitrogens with one attached hydrogen (secondary N) is 1. The average Bonchev–Trinajstić information content (AvgIpc) is 3.05. The van der Waals surface area contributed by atoms with Gasteiger partial charge in [0.2, 0.25) is 11.7 Å². The molecular formula is C18H19N5O4. The molecule has 0 aliphatic carbocycles. The maximum atomic E-state index is 13.4. The topological polar surface area (TPSA) is 116 Å². The summed E-state index contributed by atoms with van der Waals surface area (Å²) in [4.78, 5) is 32.2. The molecule has 1 aliphatic rings. The maximum absolute atomic E-state index is 13.4. The lowest BCUT2D eigenvalue weighted by Gasteiger charge is -2.29. The van der Waals surface area contributed by atoms with Gasteiger partial charge >= 0.3 is 0 Å². The number of para-hydroxylation sites is 1. The second-order valence-corrected chi connectivity index (χ2v) is 6.17. The number of ether oxygens (including phenoxy) is 1. The molecule has 2 aromatic heterocycles. The number of aromatic nitrogens is 2. The van der Waals surface area contributed by atoms with Gasteiger partial charge in [0.05, 0.1) is 24.5 Å². The molecule has 0 unspecified atom stereocenters. The Balaban J connectivity index is 2.05. The number of furan rings is 1. The Kier molecular flexibility index (Phi) is 4.38. The number of nitrogen functional groups attached to an aromatic ring is 1. The van der Waals surface area contributed by atoms with Gasteiger partial charge in [0.1, 0.15) is 11.1 Å². The number of carbonyl (C=O) groups is 1. The minimum Gasteiger partial charge on any atom is -0.442 e. The highest BCUT2D eigenvalue weighted by molar-refractivity contribution is 6.06. The van der Waals surface area contributed by atoms with Gasteiger partial charge in [0, 0.05) is 13.1 Å². The van der Waals surface area contributed by atoms with Crippen molar-refractivity contribution >= 4 is 23.0 Å². The normalized spacial score (nSPS) is 14.5. The molecule has 1 aliphatic heterocycles. The average molecular weight is 369 g/mol. The van der Waals surface area contributed by atoms with Gasteiger partial charge in [0.15, 0.2) is 0 Å². The molecule has 140 valence electrons. The molecule has 9 nitrogen and oxygen atoms in total. The van der Waals surface area contributed by atoms with Crippen LogP contribution in [0.1, 0.15) is 16.1 Å². The van der Waals surface area contributed by atoms with Crippen LogP contribution in [0.3, 0.4) is 0 Å². The largest absolute Gasteiger partial charge is 0.442 e. The van der Waals surface area contributed by atoms with Gasteiger partial charge in [-0.1, -0.05) is 18.2 Å². The highest BCUT2D eigenvalue weighted by Crippen LogP contribution is 2.26. The number of anilines is 1. The zero-order valence-electron chi connectivity index (χ0n) is 14.8. The number of nitrogens with zero attached hydrogens (tertiary/aromatic N) is 3.